The lowest BCUT2D eigenvalue weighted by Crippen LogP contribution is -2.46. The van der Waals surface area contributed by atoms with Crippen LogP contribution in [-0.2, 0) is 9.53 Å². The minimum atomic E-state index is -0.0962. The number of aromatic amines is 1. The molecule has 0 radical (unpaired) electrons. The van der Waals surface area contributed by atoms with Gasteiger partial charge in [-0.25, -0.2) is 4.79 Å². The molecule has 1 unspecified atom stereocenters. The summed E-state index contributed by atoms with van der Waals surface area (Å²) in [7, 11) is 0. The second kappa shape index (κ2) is 7.62. The number of piperidine rings is 1. The van der Waals surface area contributed by atoms with Crippen LogP contribution in [0.1, 0.15) is 51.1 Å². The molecule has 0 aliphatic carbocycles. The first kappa shape index (κ1) is 19.1. The van der Waals surface area contributed by atoms with Crippen LogP contribution in [0.4, 0.5) is 0 Å². The van der Waals surface area contributed by atoms with Gasteiger partial charge in [-0.15, -0.1) is 0 Å². The van der Waals surface area contributed by atoms with Crippen molar-refractivity contribution in [3.63, 3.8) is 0 Å². The summed E-state index contributed by atoms with van der Waals surface area (Å²) in [6, 6.07) is 4.43. The molecule has 1 N–H and O–H groups in total. The number of fused-ring (bicyclic) bond motifs is 1. The third kappa shape index (κ3) is 3.68. The minimum Gasteiger partial charge on any atom is -0.491 e. The normalized spacial score (nSPS) is 22.0. The molecule has 0 amide bonds. The maximum absolute atomic E-state index is 12.7. The van der Waals surface area contributed by atoms with Gasteiger partial charge in [-0.2, -0.15) is 0 Å². The monoisotopic (exact) mass is 387 g/mol. The molecular formula is C21H29N3O4. The van der Waals surface area contributed by atoms with E-state index in [1.54, 1.807) is 0 Å². The lowest BCUT2D eigenvalue weighted by Gasteiger charge is -2.38. The number of ether oxygens (including phenoxy) is 2. The van der Waals surface area contributed by atoms with Crippen LogP contribution in [0, 0.1) is 6.92 Å². The zero-order valence-electron chi connectivity index (χ0n) is 16.9. The van der Waals surface area contributed by atoms with Gasteiger partial charge < -0.3 is 14.5 Å². The highest BCUT2D eigenvalue weighted by molar-refractivity contribution is 5.78. The minimum absolute atomic E-state index is 0.0595. The summed E-state index contributed by atoms with van der Waals surface area (Å²) in [4.78, 5) is 29.7. The molecule has 3 heterocycles. The number of carbonyl (C=O) groups excluding carboxylic acids is 1. The lowest BCUT2D eigenvalue weighted by atomic mass is 9.99. The summed E-state index contributed by atoms with van der Waals surface area (Å²) in [6.45, 7) is 8.33. The Labute approximate surface area is 164 Å². The SMILES string of the molecule is Cc1cc2c(cc1OC(C)C)[nH]c(=O)n2C1CCN(C2CCOC(=O)C2)CC1. The quantitative estimate of drug-likeness (QED) is 0.817. The van der Waals surface area contributed by atoms with E-state index in [0.29, 0.717) is 13.0 Å². The Bertz CT molecular complexity index is 922. The zero-order chi connectivity index (χ0) is 19.8. The molecular weight excluding hydrogens is 358 g/mol. The van der Waals surface area contributed by atoms with E-state index in [-0.39, 0.29) is 29.8 Å². The van der Waals surface area contributed by atoms with Crippen molar-refractivity contribution < 1.29 is 14.3 Å². The Morgan fingerprint density at radius 1 is 1.14 bits per heavy atom. The number of aryl methyl sites for hydroxylation is 1. The second-order valence-electron chi connectivity index (χ2n) is 8.24. The van der Waals surface area contributed by atoms with E-state index in [0.717, 1.165) is 54.7 Å². The van der Waals surface area contributed by atoms with Crippen LogP contribution in [0.15, 0.2) is 16.9 Å². The van der Waals surface area contributed by atoms with Crippen molar-refractivity contribution >= 4 is 17.0 Å². The number of likely N-dealkylation sites (tertiary alicyclic amines) is 1. The van der Waals surface area contributed by atoms with Gasteiger partial charge in [0.2, 0.25) is 0 Å². The fraction of sp³-hybridized carbons (Fsp3) is 0.619. The summed E-state index contributed by atoms with van der Waals surface area (Å²) in [5.74, 6) is 0.719. The third-order valence-electron chi connectivity index (χ3n) is 5.87. The zero-order valence-corrected chi connectivity index (χ0v) is 16.9. The van der Waals surface area contributed by atoms with Crippen molar-refractivity contribution in [3.8, 4) is 5.75 Å². The molecule has 4 rings (SSSR count). The van der Waals surface area contributed by atoms with Gasteiger partial charge in [-0.05, 0) is 51.7 Å². The topological polar surface area (TPSA) is 76.6 Å². The molecule has 2 aromatic rings. The predicted octanol–water partition coefficient (Wildman–Crippen LogP) is 2.77. The van der Waals surface area contributed by atoms with Crippen LogP contribution in [0.2, 0.25) is 0 Å². The van der Waals surface area contributed by atoms with E-state index < -0.39 is 0 Å². The molecule has 0 bridgehead atoms. The van der Waals surface area contributed by atoms with Gasteiger partial charge >= 0.3 is 11.7 Å². The molecule has 7 heteroatoms. The number of imidazole rings is 1. The van der Waals surface area contributed by atoms with E-state index in [2.05, 4.69) is 16.0 Å². The number of H-pyrrole nitrogens is 1. The van der Waals surface area contributed by atoms with E-state index in [1.165, 1.54) is 0 Å². The van der Waals surface area contributed by atoms with Crippen molar-refractivity contribution in [1.29, 1.82) is 0 Å². The smallest absolute Gasteiger partial charge is 0.326 e. The van der Waals surface area contributed by atoms with Crippen molar-refractivity contribution in [2.24, 2.45) is 0 Å². The van der Waals surface area contributed by atoms with Crippen LogP contribution in [0.3, 0.4) is 0 Å². The van der Waals surface area contributed by atoms with Gasteiger partial charge in [0.1, 0.15) is 5.75 Å². The van der Waals surface area contributed by atoms with Crippen molar-refractivity contribution in [3.05, 3.63) is 28.2 Å². The van der Waals surface area contributed by atoms with Crippen molar-refractivity contribution in [1.82, 2.24) is 14.5 Å². The first-order chi connectivity index (χ1) is 13.4. The summed E-state index contributed by atoms with van der Waals surface area (Å²) in [5, 5.41) is 0. The number of esters is 1. The molecule has 152 valence electrons. The lowest BCUT2D eigenvalue weighted by molar-refractivity contribution is -0.150. The number of hydrogen-bond donors (Lipinski definition) is 1. The summed E-state index contributed by atoms with van der Waals surface area (Å²) in [5.41, 5.74) is 2.74. The molecule has 1 atom stereocenters. The standard InChI is InChI=1S/C21H29N3O4/c1-13(2)28-19-12-17-18(10-14(19)3)24(21(26)22-17)15-4-7-23(8-5-15)16-6-9-27-20(25)11-16/h10,12-13,15-16H,4-9,11H2,1-3H3,(H,22,26). The number of aromatic nitrogens is 2. The average Bonchev–Trinajstić information content (AvgIpc) is 2.96. The number of nitrogens with one attached hydrogen (secondary N) is 1. The van der Waals surface area contributed by atoms with Crippen molar-refractivity contribution in [2.75, 3.05) is 19.7 Å². The van der Waals surface area contributed by atoms with E-state index >= 15 is 0 Å². The average molecular weight is 387 g/mol. The highest BCUT2D eigenvalue weighted by atomic mass is 16.5. The Kier molecular flexibility index (Phi) is 5.19. The second-order valence-corrected chi connectivity index (χ2v) is 8.24. The van der Waals surface area contributed by atoms with Gasteiger partial charge in [0.25, 0.3) is 0 Å². The van der Waals surface area contributed by atoms with E-state index in [4.69, 9.17) is 9.47 Å². The predicted molar refractivity (Wildman–Crippen MR) is 107 cm³/mol. The van der Waals surface area contributed by atoms with Gasteiger partial charge in [-0.1, -0.05) is 0 Å². The Morgan fingerprint density at radius 3 is 2.57 bits per heavy atom. The summed E-state index contributed by atoms with van der Waals surface area (Å²) < 4.78 is 12.8. The Balaban J connectivity index is 1.53. The van der Waals surface area contributed by atoms with Crippen LogP contribution >= 0.6 is 0 Å². The number of rotatable bonds is 4. The highest BCUT2D eigenvalue weighted by Gasteiger charge is 2.31. The van der Waals surface area contributed by atoms with Gasteiger partial charge in [0.05, 0.1) is 30.2 Å². The Morgan fingerprint density at radius 2 is 1.89 bits per heavy atom. The molecule has 7 nitrogen and oxygen atoms in total. The molecule has 2 fully saturated rings. The number of cyclic esters (lactones) is 1. The first-order valence-electron chi connectivity index (χ1n) is 10.2. The fourth-order valence-electron chi connectivity index (χ4n) is 4.48. The van der Waals surface area contributed by atoms with E-state index in [1.807, 2.05) is 31.4 Å². The molecule has 2 saturated heterocycles. The number of nitrogens with zero attached hydrogens (tertiary/aromatic N) is 2. The molecule has 0 spiro atoms. The van der Waals surface area contributed by atoms with Gasteiger partial charge in [0, 0.05) is 31.2 Å². The van der Waals surface area contributed by atoms with E-state index in [9.17, 15) is 9.59 Å². The number of carbonyl (C=O) groups is 1. The molecule has 2 aliphatic rings. The van der Waals surface area contributed by atoms with Crippen LogP contribution in [0.25, 0.3) is 11.0 Å². The van der Waals surface area contributed by atoms with Crippen LogP contribution in [0.5, 0.6) is 5.75 Å². The van der Waals surface area contributed by atoms with Crippen LogP contribution < -0.4 is 10.4 Å². The number of hydrogen-bond acceptors (Lipinski definition) is 5. The largest absolute Gasteiger partial charge is 0.491 e. The molecule has 1 aromatic carbocycles. The summed E-state index contributed by atoms with van der Waals surface area (Å²) >= 11 is 0. The van der Waals surface area contributed by atoms with Gasteiger partial charge in [-0.3, -0.25) is 14.3 Å². The molecule has 1 aromatic heterocycles. The van der Waals surface area contributed by atoms with Gasteiger partial charge in [0.15, 0.2) is 0 Å². The molecule has 28 heavy (non-hydrogen) atoms. The summed E-state index contributed by atoms with van der Waals surface area (Å²) in [6.07, 6.45) is 3.28. The first-order valence-corrected chi connectivity index (χ1v) is 10.2. The number of benzene rings is 1. The maximum Gasteiger partial charge on any atom is 0.326 e. The highest BCUT2D eigenvalue weighted by Crippen LogP contribution is 2.30. The molecule has 0 saturated carbocycles. The Hall–Kier alpha value is -2.28. The van der Waals surface area contributed by atoms with Crippen molar-refractivity contribution in [2.45, 2.75) is 64.6 Å². The maximum atomic E-state index is 12.7. The molecule has 2 aliphatic heterocycles. The fourth-order valence-corrected chi connectivity index (χ4v) is 4.48. The third-order valence-corrected chi connectivity index (χ3v) is 5.87. The van der Waals surface area contributed by atoms with Crippen LogP contribution in [-0.4, -0.2) is 52.3 Å².